The van der Waals surface area contributed by atoms with Crippen LogP contribution in [0.15, 0.2) is 12.3 Å². The Balaban J connectivity index is 2.93. The minimum absolute atomic E-state index is 0.0488. The molecule has 3 nitrogen and oxygen atoms in total. The van der Waals surface area contributed by atoms with Crippen molar-refractivity contribution < 1.29 is 17.9 Å². The van der Waals surface area contributed by atoms with Crippen LogP contribution in [-0.2, 0) is 6.54 Å². The fourth-order valence-electron chi connectivity index (χ4n) is 1.15. The molecule has 0 radical (unpaired) electrons. The summed E-state index contributed by atoms with van der Waals surface area (Å²) in [5.74, 6) is -0.0488. The van der Waals surface area contributed by atoms with Crippen LogP contribution in [0.3, 0.4) is 0 Å². The lowest BCUT2D eigenvalue weighted by Gasteiger charge is -2.19. The minimum Gasteiger partial charge on any atom is -0.465 e. The summed E-state index contributed by atoms with van der Waals surface area (Å²) < 4.78 is 41.6. The molecule has 1 rings (SSSR count). The van der Waals surface area contributed by atoms with E-state index in [1.54, 1.807) is 13.0 Å². The van der Waals surface area contributed by atoms with E-state index in [0.717, 1.165) is 12.5 Å². The van der Waals surface area contributed by atoms with Crippen LogP contribution in [0, 0.1) is 6.92 Å². The zero-order valence-electron chi connectivity index (χ0n) is 9.01. The molecule has 0 aliphatic rings. The molecule has 1 unspecified atom stereocenters. The normalized spacial score (nSPS) is 13.6. The Hall–Kier alpha value is -1.30. The van der Waals surface area contributed by atoms with Gasteiger partial charge in [-0.15, -0.1) is 0 Å². The van der Waals surface area contributed by atoms with Crippen molar-refractivity contribution in [1.29, 1.82) is 0 Å². The minimum atomic E-state index is -4.41. The standard InChI is InChI=1S/C10H13F3N2O/c1-6-3-4-15-9(8(6)5-14)16-7(2)10(11,12)13/h3-4,7H,5,14H2,1-2H3. The molecule has 0 saturated carbocycles. The predicted octanol–water partition coefficient (Wildman–Crippen LogP) is 2.18. The van der Waals surface area contributed by atoms with Gasteiger partial charge < -0.3 is 10.5 Å². The fourth-order valence-corrected chi connectivity index (χ4v) is 1.15. The van der Waals surface area contributed by atoms with Crippen molar-refractivity contribution in [1.82, 2.24) is 4.98 Å². The van der Waals surface area contributed by atoms with E-state index in [0.29, 0.717) is 5.56 Å². The Morgan fingerprint density at radius 1 is 1.50 bits per heavy atom. The van der Waals surface area contributed by atoms with Crippen molar-refractivity contribution in [2.75, 3.05) is 0 Å². The third-order valence-electron chi connectivity index (χ3n) is 2.20. The Morgan fingerprint density at radius 3 is 2.62 bits per heavy atom. The maximum atomic E-state index is 12.3. The van der Waals surface area contributed by atoms with Crippen LogP contribution in [0.2, 0.25) is 0 Å². The lowest BCUT2D eigenvalue weighted by Crippen LogP contribution is -2.32. The summed E-state index contributed by atoms with van der Waals surface area (Å²) in [4.78, 5) is 3.76. The van der Waals surface area contributed by atoms with Crippen LogP contribution >= 0.6 is 0 Å². The van der Waals surface area contributed by atoms with Crippen LogP contribution in [0.25, 0.3) is 0 Å². The number of pyridine rings is 1. The number of rotatable bonds is 3. The van der Waals surface area contributed by atoms with Crippen molar-refractivity contribution in [3.05, 3.63) is 23.4 Å². The zero-order valence-corrected chi connectivity index (χ0v) is 9.01. The Morgan fingerprint density at radius 2 is 2.12 bits per heavy atom. The SMILES string of the molecule is Cc1ccnc(OC(C)C(F)(F)F)c1CN. The molecule has 1 atom stereocenters. The molecule has 2 N–H and O–H groups in total. The van der Waals surface area contributed by atoms with Gasteiger partial charge in [0.2, 0.25) is 5.88 Å². The number of nitrogens with two attached hydrogens (primary N) is 1. The first-order valence-electron chi connectivity index (χ1n) is 4.74. The molecule has 0 spiro atoms. The molecule has 0 saturated heterocycles. The highest BCUT2D eigenvalue weighted by molar-refractivity contribution is 5.33. The van der Waals surface area contributed by atoms with Gasteiger partial charge >= 0.3 is 6.18 Å². The average molecular weight is 234 g/mol. The van der Waals surface area contributed by atoms with Crippen LogP contribution in [0.5, 0.6) is 5.88 Å². The quantitative estimate of drug-likeness (QED) is 0.872. The van der Waals surface area contributed by atoms with Gasteiger partial charge in [-0.25, -0.2) is 4.98 Å². The van der Waals surface area contributed by atoms with E-state index in [1.165, 1.54) is 6.20 Å². The Labute approximate surface area is 91.4 Å². The number of hydrogen-bond acceptors (Lipinski definition) is 3. The Bertz CT molecular complexity index is 366. The third-order valence-corrected chi connectivity index (χ3v) is 2.20. The first-order valence-corrected chi connectivity index (χ1v) is 4.74. The number of hydrogen-bond donors (Lipinski definition) is 1. The van der Waals surface area contributed by atoms with Gasteiger partial charge in [-0.2, -0.15) is 13.2 Å². The van der Waals surface area contributed by atoms with Crippen LogP contribution in [0.4, 0.5) is 13.2 Å². The number of aromatic nitrogens is 1. The number of ether oxygens (including phenoxy) is 1. The van der Waals surface area contributed by atoms with Gasteiger partial charge in [0, 0.05) is 18.3 Å². The molecular weight excluding hydrogens is 221 g/mol. The summed E-state index contributed by atoms with van der Waals surface area (Å²) in [6.07, 6.45) is -4.91. The van der Waals surface area contributed by atoms with Gasteiger partial charge in [0.15, 0.2) is 6.10 Å². The first kappa shape index (κ1) is 12.8. The molecule has 1 heterocycles. The van der Waals surface area contributed by atoms with E-state index in [4.69, 9.17) is 10.5 Å². The zero-order chi connectivity index (χ0) is 12.3. The number of aryl methyl sites for hydroxylation is 1. The van der Waals surface area contributed by atoms with Crippen molar-refractivity contribution in [3.63, 3.8) is 0 Å². The van der Waals surface area contributed by atoms with Crippen LogP contribution < -0.4 is 10.5 Å². The third kappa shape index (κ3) is 2.85. The highest BCUT2D eigenvalue weighted by Gasteiger charge is 2.38. The molecule has 90 valence electrons. The second-order valence-corrected chi connectivity index (χ2v) is 3.42. The van der Waals surface area contributed by atoms with Crippen LogP contribution in [-0.4, -0.2) is 17.3 Å². The molecule has 0 aromatic carbocycles. The molecule has 16 heavy (non-hydrogen) atoms. The summed E-state index contributed by atoms with van der Waals surface area (Å²) in [5.41, 5.74) is 6.70. The van der Waals surface area contributed by atoms with E-state index in [1.807, 2.05) is 0 Å². The van der Waals surface area contributed by atoms with Gasteiger partial charge in [-0.1, -0.05) is 0 Å². The largest absolute Gasteiger partial charge is 0.465 e. The molecule has 6 heteroatoms. The van der Waals surface area contributed by atoms with Gasteiger partial charge in [0.05, 0.1) is 0 Å². The Kier molecular flexibility index (Phi) is 3.74. The van der Waals surface area contributed by atoms with Crippen molar-refractivity contribution >= 4 is 0 Å². The summed E-state index contributed by atoms with van der Waals surface area (Å²) >= 11 is 0. The maximum absolute atomic E-state index is 12.3. The van der Waals surface area contributed by atoms with Crippen molar-refractivity contribution in [3.8, 4) is 5.88 Å². The highest BCUT2D eigenvalue weighted by atomic mass is 19.4. The second kappa shape index (κ2) is 4.69. The van der Waals surface area contributed by atoms with Gasteiger partial charge in [-0.05, 0) is 25.5 Å². The van der Waals surface area contributed by atoms with Gasteiger partial charge in [0.25, 0.3) is 0 Å². The molecule has 0 aliphatic carbocycles. The topological polar surface area (TPSA) is 48.1 Å². The number of alkyl halides is 3. The lowest BCUT2D eigenvalue weighted by molar-refractivity contribution is -0.190. The van der Waals surface area contributed by atoms with E-state index in [-0.39, 0.29) is 12.4 Å². The monoisotopic (exact) mass is 234 g/mol. The fraction of sp³-hybridized carbons (Fsp3) is 0.500. The van der Waals surface area contributed by atoms with Crippen LogP contribution in [0.1, 0.15) is 18.1 Å². The lowest BCUT2D eigenvalue weighted by atomic mass is 10.1. The maximum Gasteiger partial charge on any atom is 0.425 e. The summed E-state index contributed by atoms with van der Waals surface area (Å²) in [5, 5.41) is 0. The van der Waals surface area contributed by atoms with Gasteiger partial charge in [0.1, 0.15) is 0 Å². The van der Waals surface area contributed by atoms with Crippen molar-refractivity contribution in [2.45, 2.75) is 32.7 Å². The molecule has 0 aliphatic heterocycles. The van der Waals surface area contributed by atoms with E-state index < -0.39 is 12.3 Å². The van der Waals surface area contributed by atoms with E-state index >= 15 is 0 Å². The molecule has 0 fully saturated rings. The molecule has 0 bridgehead atoms. The number of nitrogens with zero attached hydrogens (tertiary/aromatic N) is 1. The smallest absolute Gasteiger partial charge is 0.425 e. The average Bonchev–Trinajstić information content (AvgIpc) is 2.16. The van der Waals surface area contributed by atoms with E-state index in [9.17, 15) is 13.2 Å². The molecular formula is C10H13F3N2O. The molecule has 0 amide bonds. The molecule has 1 aromatic rings. The first-order chi connectivity index (χ1) is 7.36. The summed E-state index contributed by atoms with van der Waals surface area (Å²) in [7, 11) is 0. The second-order valence-electron chi connectivity index (χ2n) is 3.42. The van der Waals surface area contributed by atoms with E-state index in [2.05, 4.69) is 4.98 Å². The summed E-state index contributed by atoms with van der Waals surface area (Å²) in [6, 6.07) is 1.67. The number of halogens is 3. The van der Waals surface area contributed by atoms with Crippen molar-refractivity contribution in [2.24, 2.45) is 5.73 Å². The summed E-state index contributed by atoms with van der Waals surface area (Å²) in [6.45, 7) is 2.78. The molecule has 1 aromatic heterocycles. The highest BCUT2D eigenvalue weighted by Crippen LogP contribution is 2.26. The predicted molar refractivity (Wildman–Crippen MR) is 53.0 cm³/mol. The van der Waals surface area contributed by atoms with Gasteiger partial charge in [-0.3, -0.25) is 0 Å².